The topological polar surface area (TPSA) is 0 Å². The third-order valence-corrected chi connectivity index (χ3v) is 3.66. The molecule has 2 aromatic carbocycles. The Morgan fingerprint density at radius 1 is 0.812 bits per heavy atom. The van der Waals surface area contributed by atoms with E-state index in [-0.39, 0.29) is 0 Å². The Labute approximate surface area is 102 Å². The predicted octanol–water partition coefficient (Wildman–Crippen LogP) is 4.54. The number of hydrogen-bond donors (Lipinski definition) is 0. The summed E-state index contributed by atoms with van der Waals surface area (Å²) in [5.41, 5.74) is 2.79. The molecule has 0 radical (unpaired) electrons. The summed E-state index contributed by atoms with van der Waals surface area (Å²) in [6.45, 7) is 2.19. The van der Waals surface area contributed by atoms with E-state index < -0.39 is 0 Å². The van der Waals surface area contributed by atoms with Crippen LogP contribution in [-0.2, 0) is 12.2 Å². The van der Waals surface area contributed by atoms with Crippen molar-refractivity contribution in [3.05, 3.63) is 65.7 Å². The zero-order valence-electron chi connectivity index (χ0n) is 9.52. The van der Waals surface area contributed by atoms with E-state index in [2.05, 4.69) is 61.5 Å². The van der Waals surface area contributed by atoms with Gasteiger partial charge in [-0.05, 0) is 29.7 Å². The number of rotatable bonds is 4. The Balaban J connectivity index is 1.94. The van der Waals surface area contributed by atoms with Gasteiger partial charge in [-0.25, -0.2) is 0 Å². The minimum Gasteiger partial charge on any atom is -0.121 e. The van der Waals surface area contributed by atoms with Crippen molar-refractivity contribution in [1.29, 1.82) is 0 Å². The summed E-state index contributed by atoms with van der Waals surface area (Å²) in [5, 5.41) is 0. The largest absolute Gasteiger partial charge is 0.121 e. The maximum absolute atomic E-state index is 2.22. The Kier molecular flexibility index (Phi) is 4.06. The van der Waals surface area contributed by atoms with Crippen molar-refractivity contribution < 1.29 is 0 Å². The third kappa shape index (κ3) is 3.14. The zero-order chi connectivity index (χ0) is 11.2. The molecule has 0 atom stereocenters. The first-order valence-electron chi connectivity index (χ1n) is 5.64. The van der Waals surface area contributed by atoms with Crippen LogP contribution in [0.25, 0.3) is 0 Å². The third-order valence-electron chi connectivity index (χ3n) is 2.58. The highest BCUT2D eigenvalue weighted by atomic mass is 32.2. The van der Waals surface area contributed by atoms with Crippen LogP contribution in [0, 0.1) is 0 Å². The van der Waals surface area contributed by atoms with Gasteiger partial charge in [-0.2, -0.15) is 0 Å². The molecular formula is C15H16S. The fraction of sp³-hybridized carbons (Fsp3) is 0.200. The Morgan fingerprint density at radius 2 is 1.50 bits per heavy atom. The summed E-state index contributed by atoms with van der Waals surface area (Å²) >= 11 is 1.89. The van der Waals surface area contributed by atoms with Crippen molar-refractivity contribution in [2.75, 3.05) is 0 Å². The summed E-state index contributed by atoms with van der Waals surface area (Å²) in [7, 11) is 0. The van der Waals surface area contributed by atoms with E-state index >= 15 is 0 Å². The molecule has 0 aromatic heterocycles. The molecule has 0 aliphatic rings. The highest BCUT2D eigenvalue weighted by molar-refractivity contribution is 7.98. The molecule has 0 heterocycles. The summed E-state index contributed by atoms with van der Waals surface area (Å²) < 4.78 is 0. The first kappa shape index (κ1) is 11.3. The standard InChI is InChI=1S/C15H16S/c1-2-13-8-10-15(11-9-13)16-12-14-6-4-3-5-7-14/h3-11H,2,12H2,1H3. The van der Waals surface area contributed by atoms with E-state index in [9.17, 15) is 0 Å². The normalized spacial score (nSPS) is 10.3. The molecule has 0 fully saturated rings. The molecule has 16 heavy (non-hydrogen) atoms. The van der Waals surface area contributed by atoms with Gasteiger partial charge >= 0.3 is 0 Å². The van der Waals surface area contributed by atoms with Crippen LogP contribution < -0.4 is 0 Å². The Morgan fingerprint density at radius 3 is 2.12 bits per heavy atom. The van der Waals surface area contributed by atoms with Crippen LogP contribution in [0.2, 0.25) is 0 Å². The molecular weight excluding hydrogens is 212 g/mol. The molecule has 0 amide bonds. The lowest BCUT2D eigenvalue weighted by atomic mass is 10.2. The van der Waals surface area contributed by atoms with Crippen molar-refractivity contribution in [3.63, 3.8) is 0 Å². The molecule has 0 unspecified atom stereocenters. The molecule has 0 nitrogen and oxygen atoms in total. The van der Waals surface area contributed by atoms with Gasteiger partial charge in [-0.3, -0.25) is 0 Å². The lowest BCUT2D eigenvalue weighted by molar-refractivity contribution is 1.13. The minimum absolute atomic E-state index is 1.05. The summed E-state index contributed by atoms with van der Waals surface area (Å²) in [6, 6.07) is 19.5. The van der Waals surface area contributed by atoms with Gasteiger partial charge in [0.2, 0.25) is 0 Å². The molecule has 1 heteroatoms. The van der Waals surface area contributed by atoms with Crippen molar-refractivity contribution in [2.45, 2.75) is 24.0 Å². The number of hydrogen-bond acceptors (Lipinski definition) is 1. The van der Waals surface area contributed by atoms with Crippen molar-refractivity contribution >= 4 is 11.8 Å². The summed E-state index contributed by atoms with van der Waals surface area (Å²) in [4.78, 5) is 1.35. The fourth-order valence-electron chi connectivity index (χ4n) is 1.56. The molecule has 82 valence electrons. The SMILES string of the molecule is CCc1ccc(SCc2ccccc2)cc1. The van der Waals surface area contributed by atoms with Gasteiger partial charge in [-0.15, -0.1) is 11.8 Å². The van der Waals surface area contributed by atoms with E-state index in [1.165, 1.54) is 16.0 Å². The second-order valence-electron chi connectivity index (χ2n) is 3.77. The van der Waals surface area contributed by atoms with Crippen molar-refractivity contribution in [2.24, 2.45) is 0 Å². The van der Waals surface area contributed by atoms with E-state index in [0.29, 0.717) is 0 Å². The van der Waals surface area contributed by atoms with Crippen molar-refractivity contribution in [1.82, 2.24) is 0 Å². The molecule has 0 N–H and O–H groups in total. The van der Waals surface area contributed by atoms with Crippen LogP contribution in [0.4, 0.5) is 0 Å². The second-order valence-corrected chi connectivity index (χ2v) is 4.82. The van der Waals surface area contributed by atoms with Crippen LogP contribution in [0.5, 0.6) is 0 Å². The maximum Gasteiger partial charge on any atom is 0.0231 e. The maximum atomic E-state index is 2.22. The van der Waals surface area contributed by atoms with Gasteiger partial charge in [-0.1, -0.05) is 49.4 Å². The second kappa shape index (κ2) is 5.76. The lowest BCUT2D eigenvalue weighted by Gasteiger charge is -2.03. The monoisotopic (exact) mass is 228 g/mol. The lowest BCUT2D eigenvalue weighted by Crippen LogP contribution is -1.81. The number of aryl methyl sites for hydroxylation is 1. The molecule has 0 bridgehead atoms. The van der Waals surface area contributed by atoms with Crippen molar-refractivity contribution in [3.8, 4) is 0 Å². The molecule has 0 aliphatic carbocycles. The van der Waals surface area contributed by atoms with E-state index in [1.807, 2.05) is 11.8 Å². The molecule has 0 saturated heterocycles. The van der Waals surface area contributed by atoms with Gasteiger partial charge < -0.3 is 0 Å². The Bertz CT molecular complexity index is 417. The molecule has 0 saturated carbocycles. The van der Waals surface area contributed by atoms with Crippen LogP contribution in [0.15, 0.2) is 59.5 Å². The Hall–Kier alpha value is -1.21. The van der Waals surface area contributed by atoms with E-state index in [1.54, 1.807) is 0 Å². The van der Waals surface area contributed by atoms with Gasteiger partial charge in [0.25, 0.3) is 0 Å². The van der Waals surface area contributed by atoms with Gasteiger partial charge in [0.05, 0.1) is 0 Å². The van der Waals surface area contributed by atoms with Gasteiger partial charge in [0.1, 0.15) is 0 Å². The minimum atomic E-state index is 1.05. The van der Waals surface area contributed by atoms with Crippen LogP contribution in [0.1, 0.15) is 18.1 Å². The first-order chi connectivity index (χ1) is 7.88. The van der Waals surface area contributed by atoms with Crippen LogP contribution in [-0.4, -0.2) is 0 Å². The highest BCUT2D eigenvalue weighted by Gasteiger charge is 1.96. The summed E-state index contributed by atoms with van der Waals surface area (Å²) in [5.74, 6) is 1.05. The fourth-order valence-corrected chi connectivity index (χ4v) is 2.42. The highest BCUT2D eigenvalue weighted by Crippen LogP contribution is 2.22. The van der Waals surface area contributed by atoms with Crippen LogP contribution >= 0.6 is 11.8 Å². The average Bonchev–Trinajstić information content (AvgIpc) is 2.38. The van der Waals surface area contributed by atoms with E-state index in [4.69, 9.17) is 0 Å². The number of thioether (sulfide) groups is 1. The van der Waals surface area contributed by atoms with Crippen LogP contribution in [0.3, 0.4) is 0 Å². The first-order valence-corrected chi connectivity index (χ1v) is 6.62. The smallest absolute Gasteiger partial charge is 0.0231 e. The molecule has 2 rings (SSSR count). The zero-order valence-corrected chi connectivity index (χ0v) is 10.3. The molecule has 0 aliphatic heterocycles. The average molecular weight is 228 g/mol. The summed E-state index contributed by atoms with van der Waals surface area (Å²) in [6.07, 6.45) is 1.11. The van der Waals surface area contributed by atoms with Gasteiger partial charge in [0, 0.05) is 10.6 Å². The number of benzene rings is 2. The molecule has 2 aromatic rings. The van der Waals surface area contributed by atoms with Gasteiger partial charge in [0.15, 0.2) is 0 Å². The molecule has 0 spiro atoms. The predicted molar refractivity (Wildman–Crippen MR) is 71.8 cm³/mol. The quantitative estimate of drug-likeness (QED) is 0.692. The van der Waals surface area contributed by atoms with E-state index in [0.717, 1.165) is 12.2 Å².